The van der Waals surface area contributed by atoms with E-state index in [1.54, 1.807) is 0 Å². The monoisotopic (exact) mass is 390 g/mol. The van der Waals surface area contributed by atoms with Crippen LogP contribution in [0.25, 0.3) is 0 Å². The zero-order valence-corrected chi connectivity index (χ0v) is 15.0. The average molecular weight is 391 g/mol. The van der Waals surface area contributed by atoms with Crippen LogP contribution in [-0.4, -0.2) is 69.4 Å². The molecule has 1 heterocycles. The molecular weight excluding hydrogens is 376 g/mol. The maximum absolute atomic E-state index is 12.1. The number of halogens is 1. The summed E-state index contributed by atoms with van der Waals surface area (Å²) in [6, 6.07) is 3.56. The Morgan fingerprint density at radius 1 is 1.36 bits per heavy atom. The van der Waals surface area contributed by atoms with Crippen LogP contribution in [0.5, 0.6) is 0 Å². The molecule has 2 amide bonds. The summed E-state index contributed by atoms with van der Waals surface area (Å²) >= 11 is 5.91. The molecule has 0 radical (unpaired) electrons. The minimum atomic E-state index is -3.77. The number of imide groups is 1. The van der Waals surface area contributed by atoms with Crippen molar-refractivity contribution in [3.8, 4) is 0 Å². The van der Waals surface area contributed by atoms with Crippen LogP contribution in [0.2, 0.25) is 5.02 Å². The van der Waals surface area contributed by atoms with Crippen molar-refractivity contribution in [2.75, 3.05) is 33.9 Å². The number of benzene rings is 1. The van der Waals surface area contributed by atoms with E-state index in [2.05, 4.69) is 4.74 Å². The summed E-state index contributed by atoms with van der Waals surface area (Å²) < 4.78 is 34.6. The molecule has 1 aromatic carbocycles. The predicted octanol–water partition coefficient (Wildman–Crippen LogP) is 0.726. The van der Waals surface area contributed by atoms with Crippen LogP contribution in [0, 0.1) is 0 Å². The number of rotatable bonds is 5. The number of amides is 2. The Bertz CT molecular complexity index is 822. The summed E-state index contributed by atoms with van der Waals surface area (Å²) in [6.45, 7) is -0.545. The van der Waals surface area contributed by atoms with Gasteiger partial charge in [-0.2, -0.15) is 0 Å². The van der Waals surface area contributed by atoms with E-state index >= 15 is 0 Å². The van der Waals surface area contributed by atoms with E-state index in [0.29, 0.717) is 0 Å². The molecule has 0 aliphatic carbocycles. The summed E-state index contributed by atoms with van der Waals surface area (Å²) in [5.41, 5.74) is -0.207. The Kier molecular flexibility index (Phi) is 5.65. The maximum atomic E-state index is 12.1. The molecular formula is C14H15ClN2O7S. The van der Waals surface area contributed by atoms with Crippen molar-refractivity contribution < 1.29 is 32.3 Å². The first kappa shape index (κ1) is 19.2. The van der Waals surface area contributed by atoms with E-state index < -0.39 is 34.6 Å². The first-order valence-corrected chi connectivity index (χ1v) is 8.82. The second-order valence-corrected chi connectivity index (χ2v) is 7.72. The number of hydrogen-bond donors (Lipinski definition) is 0. The van der Waals surface area contributed by atoms with Gasteiger partial charge in [0.2, 0.25) is 10.0 Å². The molecule has 0 spiro atoms. The molecule has 1 aliphatic heterocycles. The molecule has 1 aliphatic rings. The van der Waals surface area contributed by atoms with Crippen LogP contribution in [0.1, 0.15) is 10.4 Å². The Balaban J connectivity index is 2.14. The van der Waals surface area contributed by atoms with Gasteiger partial charge in [-0.25, -0.2) is 27.2 Å². The van der Waals surface area contributed by atoms with Gasteiger partial charge >= 0.3 is 12.1 Å². The molecule has 0 N–H and O–H groups in total. The maximum Gasteiger partial charge on any atom is 0.416 e. The van der Waals surface area contributed by atoms with E-state index in [9.17, 15) is 22.8 Å². The summed E-state index contributed by atoms with van der Waals surface area (Å²) in [7, 11) is -1.08. The largest absolute Gasteiger partial charge is 0.452 e. The highest BCUT2D eigenvalue weighted by Gasteiger charge is 2.29. The lowest BCUT2D eigenvalue weighted by Gasteiger charge is -2.13. The zero-order valence-electron chi connectivity index (χ0n) is 13.4. The number of hydrogen-bond acceptors (Lipinski definition) is 7. The van der Waals surface area contributed by atoms with E-state index in [4.69, 9.17) is 16.3 Å². The smallest absolute Gasteiger partial charge is 0.416 e. The molecule has 136 valence electrons. The van der Waals surface area contributed by atoms with Crippen LogP contribution in [0.3, 0.4) is 0 Å². The normalized spacial score (nSPS) is 14.6. The van der Waals surface area contributed by atoms with Crippen molar-refractivity contribution >= 4 is 39.6 Å². The first-order valence-electron chi connectivity index (χ1n) is 7.01. The summed E-state index contributed by atoms with van der Waals surface area (Å²) in [4.78, 5) is 35.8. The van der Waals surface area contributed by atoms with Gasteiger partial charge in [-0.05, 0) is 18.2 Å². The molecule has 0 aromatic heterocycles. The van der Waals surface area contributed by atoms with Gasteiger partial charge in [-0.3, -0.25) is 4.79 Å². The average Bonchev–Trinajstić information content (AvgIpc) is 2.98. The topological polar surface area (TPSA) is 110 Å². The minimum absolute atomic E-state index is 0.0317. The van der Waals surface area contributed by atoms with Gasteiger partial charge in [0, 0.05) is 14.1 Å². The van der Waals surface area contributed by atoms with Gasteiger partial charge in [0.1, 0.15) is 6.61 Å². The van der Waals surface area contributed by atoms with Gasteiger partial charge in [-0.15, -0.1) is 0 Å². The molecule has 2 rings (SSSR count). The molecule has 1 fully saturated rings. The SMILES string of the molecule is CN(C)S(=O)(=O)c1ccc(Cl)c(C(=O)OCC(=O)N2CCOC2=O)c1. The first-order chi connectivity index (χ1) is 11.6. The van der Waals surface area contributed by atoms with Crippen LogP contribution < -0.4 is 0 Å². The zero-order chi connectivity index (χ0) is 18.8. The number of sulfonamides is 1. The van der Waals surface area contributed by atoms with Crippen LogP contribution in [0.4, 0.5) is 4.79 Å². The Labute approximate surface area is 149 Å². The Morgan fingerprint density at radius 3 is 2.60 bits per heavy atom. The van der Waals surface area contributed by atoms with Crippen LogP contribution >= 0.6 is 11.6 Å². The molecule has 0 saturated carbocycles. The van der Waals surface area contributed by atoms with Crippen molar-refractivity contribution in [3.05, 3.63) is 28.8 Å². The molecule has 0 unspecified atom stereocenters. The van der Waals surface area contributed by atoms with Gasteiger partial charge < -0.3 is 9.47 Å². The van der Waals surface area contributed by atoms with Crippen molar-refractivity contribution in [1.29, 1.82) is 0 Å². The molecule has 11 heteroatoms. The molecule has 1 aromatic rings. The van der Waals surface area contributed by atoms with Crippen molar-refractivity contribution in [3.63, 3.8) is 0 Å². The van der Waals surface area contributed by atoms with E-state index in [-0.39, 0.29) is 28.6 Å². The number of nitrogens with zero attached hydrogens (tertiary/aromatic N) is 2. The fraction of sp³-hybridized carbons (Fsp3) is 0.357. The van der Waals surface area contributed by atoms with Crippen molar-refractivity contribution in [2.24, 2.45) is 0 Å². The van der Waals surface area contributed by atoms with Crippen LogP contribution in [0.15, 0.2) is 23.1 Å². The van der Waals surface area contributed by atoms with E-state index in [0.717, 1.165) is 15.3 Å². The number of carbonyl (C=O) groups excluding carboxylic acids is 3. The number of esters is 1. The van der Waals surface area contributed by atoms with Crippen molar-refractivity contribution in [2.45, 2.75) is 4.90 Å². The quantitative estimate of drug-likeness (QED) is 0.681. The fourth-order valence-corrected chi connectivity index (χ4v) is 3.06. The molecule has 0 bridgehead atoms. The lowest BCUT2D eigenvalue weighted by Crippen LogP contribution is -2.35. The predicted molar refractivity (Wildman–Crippen MR) is 85.7 cm³/mol. The third-order valence-electron chi connectivity index (χ3n) is 3.32. The standard InChI is InChI=1S/C14H15ClN2O7S/c1-16(2)25(21,22)9-3-4-11(15)10(7-9)13(19)24-8-12(18)17-5-6-23-14(17)20/h3-4,7H,5-6,8H2,1-2H3. The van der Waals surface area contributed by atoms with E-state index in [1.807, 2.05) is 0 Å². The second kappa shape index (κ2) is 7.38. The highest BCUT2D eigenvalue weighted by atomic mass is 35.5. The van der Waals surface area contributed by atoms with Gasteiger partial charge in [0.15, 0.2) is 6.61 Å². The third kappa shape index (κ3) is 4.09. The van der Waals surface area contributed by atoms with Gasteiger partial charge in [-0.1, -0.05) is 11.6 Å². The summed E-state index contributed by atoms with van der Waals surface area (Å²) in [5.74, 6) is -1.73. The van der Waals surface area contributed by atoms with Crippen LogP contribution in [-0.2, 0) is 24.3 Å². The second-order valence-electron chi connectivity index (χ2n) is 5.16. The minimum Gasteiger partial charge on any atom is -0.452 e. The molecule has 1 saturated heterocycles. The molecule has 25 heavy (non-hydrogen) atoms. The fourth-order valence-electron chi connectivity index (χ4n) is 1.94. The Hall–Kier alpha value is -2.17. The highest BCUT2D eigenvalue weighted by Crippen LogP contribution is 2.23. The third-order valence-corrected chi connectivity index (χ3v) is 5.47. The molecule has 0 atom stereocenters. The summed E-state index contributed by atoms with van der Waals surface area (Å²) in [6.07, 6.45) is -0.807. The van der Waals surface area contributed by atoms with Crippen molar-refractivity contribution in [1.82, 2.24) is 9.21 Å². The number of carbonyl (C=O) groups is 3. The number of ether oxygens (including phenoxy) is 2. The van der Waals surface area contributed by atoms with Gasteiger partial charge in [0.05, 0.1) is 22.0 Å². The van der Waals surface area contributed by atoms with Gasteiger partial charge in [0.25, 0.3) is 5.91 Å². The van der Waals surface area contributed by atoms with E-state index in [1.165, 1.54) is 26.2 Å². The summed E-state index contributed by atoms with van der Waals surface area (Å²) in [5, 5.41) is -0.0317. The number of cyclic esters (lactones) is 1. The lowest BCUT2D eigenvalue weighted by molar-refractivity contribution is -0.131. The molecule has 9 nitrogen and oxygen atoms in total. The lowest BCUT2D eigenvalue weighted by atomic mass is 10.2. The Morgan fingerprint density at radius 2 is 2.04 bits per heavy atom. The highest BCUT2D eigenvalue weighted by molar-refractivity contribution is 7.89.